The first-order valence-electron chi connectivity index (χ1n) is 10.3. The van der Waals surface area contributed by atoms with Crippen LogP contribution in [0.4, 0.5) is 11.4 Å². The van der Waals surface area contributed by atoms with Gasteiger partial charge in [-0.15, -0.1) is 0 Å². The van der Waals surface area contributed by atoms with Crippen LogP contribution in [0.1, 0.15) is 23.2 Å². The van der Waals surface area contributed by atoms with E-state index in [1.54, 1.807) is 47.4 Å². The minimum absolute atomic E-state index is 0.0718. The van der Waals surface area contributed by atoms with Gasteiger partial charge in [0.2, 0.25) is 5.91 Å². The van der Waals surface area contributed by atoms with E-state index in [-0.39, 0.29) is 5.91 Å². The Bertz CT molecular complexity index is 1110. The van der Waals surface area contributed by atoms with Crippen molar-refractivity contribution in [3.05, 3.63) is 84.4 Å². The van der Waals surface area contributed by atoms with Gasteiger partial charge < -0.3 is 19.7 Å². The Hall–Kier alpha value is -4.13. The van der Waals surface area contributed by atoms with Gasteiger partial charge in [0, 0.05) is 24.3 Å². The molecule has 32 heavy (non-hydrogen) atoms. The molecule has 162 valence electrons. The van der Waals surface area contributed by atoms with Crippen molar-refractivity contribution in [1.82, 2.24) is 0 Å². The molecule has 3 aromatic carbocycles. The van der Waals surface area contributed by atoms with Crippen LogP contribution in [0.2, 0.25) is 0 Å². The lowest BCUT2D eigenvalue weighted by Gasteiger charge is -2.16. The molecule has 0 aliphatic carbocycles. The Balaban J connectivity index is 1.28. The summed E-state index contributed by atoms with van der Waals surface area (Å²) in [6.07, 6.45) is 1.36. The predicted octanol–water partition coefficient (Wildman–Crippen LogP) is 4.40. The van der Waals surface area contributed by atoms with Gasteiger partial charge in [0.05, 0.1) is 5.56 Å². The SMILES string of the molecule is O=C(COC(=O)c1ccc(Oc2ccccc2)cc1)Nc1cccc(N2CCCC2=O)c1. The third kappa shape index (κ3) is 5.31. The van der Waals surface area contributed by atoms with Gasteiger partial charge in [-0.3, -0.25) is 9.59 Å². The molecule has 7 nitrogen and oxygen atoms in total. The summed E-state index contributed by atoms with van der Waals surface area (Å²) in [4.78, 5) is 38.1. The highest BCUT2D eigenvalue weighted by atomic mass is 16.5. The van der Waals surface area contributed by atoms with Gasteiger partial charge in [-0.1, -0.05) is 24.3 Å². The van der Waals surface area contributed by atoms with Crippen molar-refractivity contribution in [2.75, 3.05) is 23.4 Å². The van der Waals surface area contributed by atoms with Gasteiger partial charge in [-0.05, 0) is 61.0 Å². The molecule has 1 saturated heterocycles. The number of benzene rings is 3. The molecule has 1 N–H and O–H groups in total. The number of anilines is 2. The molecule has 1 aliphatic rings. The highest BCUT2D eigenvalue weighted by Gasteiger charge is 2.21. The first-order valence-corrected chi connectivity index (χ1v) is 10.3. The third-order valence-corrected chi connectivity index (χ3v) is 4.92. The molecule has 0 saturated carbocycles. The van der Waals surface area contributed by atoms with Gasteiger partial charge in [-0.2, -0.15) is 0 Å². The Labute approximate surface area is 185 Å². The fourth-order valence-electron chi connectivity index (χ4n) is 3.37. The minimum Gasteiger partial charge on any atom is -0.457 e. The van der Waals surface area contributed by atoms with Crippen LogP contribution in [-0.2, 0) is 14.3 Å². The largest absolute Gasteiger partial charge is 0.457 e. The fourth-order valence-corrected chi connectivity index (χ4v) is 3.37. The zero-order valence-electron chi connectivity index (χ0n) is 17.3. The smallest absolute Gasteiger partial charge is 0.338 e. The fraction of sp³-hybridized carbons (Fsp3) is 0.160. The number of nitrogens with one attached hydrogen (secondary N) is 1. The molecule has 1 fully saturated rings. The van der Waals surface area contributed by atoms with E-state index < -0.39 is 18.5 Å². The first-order chi connectivity index (χ1) is 15.6. The Kier molecular flexibility index (Phi) is 6.46. The molecular formula is C25H22N2O5. The van der Waals surface area contributed by atoms with Crippen molar-refractivity contribution in [1.29, 1.82) is 0 Å². The van der Waals surface area contributed by atoms with Crippen LogP contribution in [-0.4, -0.2) is 30.9 Å². The van der Waals surface area contributed by atoms with Crippen LogP contribution in [0.3, 0.4) is 0 Å². The molecular weight excluding hydrogens is 408 g/mol. The van der Waals surface area contributed by atoms with Crippen LogP contribution in [0.15, 0.2) is 78.9 Å². The van der Waals surface area contributed by atoms with Gasteiger partial charge in [0.1, 0.15) is 11.5 Å². The highest BCUT2D eigenvalue weighted by Crippen LogP contribution is 2.24. The molecule has 4 rings (SSSR count). The van der Waals surface area contributed by atoms with Crippen molar-refractivity contribution in [3.8, 4) is 11.5 Å². The Morgan fingerprint density at radius 2 is 1.66 bits per heavy atom. The summed E-state index contributed by atoms with van der Waals surface area (Å²) in [5.41, 5.74) is 1.58. The van der Waals surface area contributed by atoms with E-state index >= 15 is 0 Å². The number of nitrogens with zero attached hydrogens (tertiary/aromatic N) is 1. The minimum atomic E-state index is -0.608. The molecule has 1 aliphatic heterocycles. The van der Waals surface area contributed by atoms with Crippen LogP contribution >= 0.6 is 0 Å². The van der Waals surface area contributed by atoms with E-state index in [0.29, 0.717) is 35.7 Å². The number of rotatable bonds is 7. The number of carbonyl (C=O) groups is 3. The molecule has 0 atom stereocenters. The topological polar surface area (TPSA) is 84.9 Å². The maximum absolute atomic E-state index is 12.2. The zero-order chi connectivity index (χ0) is 22.3. The molecule has 7 heteroatoms. The number of hydrogen-bond acceptors (Lipinski definition) is 5. The molecule has 0 bridgehead atoms. The number of hydrogen-bond donors (Lipinski definition) is 1. The molecule has 1 heterocycles. The summed E-state index contributed by atoms with van der Waals surface area (Å²) in [5.74, 6) is 0.275. The van der Waals surface area contributed by atoms with E-state index in [9.17, 15) is 14.4 Å². The van der Waals surface area contributed by atoms with Crippen LogP contribution in [0.5, 0.6) is 11.5 Å². The lowest BCUT2D eigenvalue weighted by atomic mass is 10.2. The summed E-state index contributed by atoms with van der Waals surface area (Å²) in [6.45, 7) is 0.247. The highest BCUT2D eigenvalue weighted by molar-refractivity contribution is 5.98. The van der Waals surface area contributed by atoms with Gasteiger partial charge in [-0.25, -0.2) is 4.79 Å². The molecule has 0 spiro atoms. The number of amides is 2. The van der Waals surface area contributed by atoms with Gasteiger partial charge in [0.15, 0.2) is 6.61 Å². The van der Waals surface area contributed by atoms with E-state index in [1.165, 1.54) is 0 Å². The van der Waals surface area contributed by atoms with E-state index in [2.05, 4.69) is 5.32 Å². The summed E-state index contributed by atoms with van der Waals surface area (Å²) < 4.78 is 10.8. The second-order valence-corrected chi connectivity index (χ2v) is 7.26. The summed E-state index contributed by atoms with van der Waals surface area (Å²) >= 11 is 0. The third-order valence-electron chi connectivity index (χ3n) is 4.92. The van der Waals surface area contributed by atoms with Gasteiger partial charge >= 0.3 is 5.97 Å². The van der Waals surface area contributed by atoms with E-state index in [0.717, 1.165) is 12.1 Å². The average molecular weight is 430 g/mol. The van der Waals surface area contributed by atoms with E-state index in [4.69, 9.17) is 9.47 Å². The molecule has 0 aromatic heterocycles. The van der Waals surface area contributed by atoms with Gasteiger partial charge in [0.25, 0.3) is 5.91 Å². The Morgan fingerprint density at radius 1 is 0.906 bits per heavy atom. The normalized spacial score (nSPS) is 13.0. The molecule has 3 aromatic rings. The number of esters is 1. The summed E-state index contributed by atoms with van der Waals surface area (Å²) in [6, 6.07) is 22.8. The van der Waals surface area contributed by atoms with Crippen molar-refractivity contribution in [2.24, 2.45) is 0 Å². The maximum Gasteiger partial charge on any atom is 0.338 e. The summed E-state index contributed by atoms with van der Waals surface area (Å²) in [7, 11) is 0. The van der Waals surface area contributed by atoms with Crippen molar-refractivity contribution in [3.63, 3.8) is 0 Å². The number of carbonyl (C=O) groups excluding carboxylic acids is 3. The standard InChI is InChI=1S/C25H22N2O5/c28-23(26-19-6-4-7-20(16-19)27-15-5-10-24(27)29)17-31-25(30)18-11-13-22(14-12-18)32-21-8-2-1-3-9-21/h1-4,6-9,11-14,16H,5,10,15,17H2,(H,26,28). The van der Waals surface area contributed by atoms with Crippen molar-refractivity contribution >= 4 is 29.2 Å². The monoisotopic (exact) mass is 430 g/mol. The molecule has 0 radical (unpaired) electrons. The number of ether oxygens (including phenoxy) is 2. The van der Waals surface area contributed by atoms with Crippen LogP contribution in [0, 0.1) is 0 Å². The lowest BCUT2D eigenvalue weighted by Crippen LogP contribution is -2.24. The lowest BCUT2D eigenvalue weighted by molar-refractivity contribution is -0.119. The average Bonchev–Trinajstić information content (AvgIpc) is 3.25. The van der Waals surface area contributed by atoms with Crippen molar-refractivity contribution < 1.29 is 23.9 Å². The first kappa shape index (κ1) is 21.1. The second-order valence-electron chi connectivity index (χ2n) is 7.26. The number of para-hydroxylation sites is 1. The predicted molar refractivity (Wildman–Crippen MR) is 120 cm³/mol. The van der Waals surface area contributed by atoms with E-state index in [1.807, 2.05) is 36.4 Å². The Morgan fingerprint density at radius 3 is 2.38 bits per heavy atom. The molecule has 0 unspecified atom stereocenters. The second kappa shape index (κ2) is 9.78. The quantitative estimate of drug-likeness (QED) is 0.562. The summed E-state index contributed by atoms with van der Waals surface area (Å²) in [5, 5.41) is 2.69. The van der Waals surface area contributed by atoms with Crippen LogP contribution < -0.4 is 15.0 Å². The zero-order valence-corrected chi connectivity index (χ0v) is 17.3. The maximum atomic E-state index is 12.2. The van der Waals surface area contributed by atoms with Crippen molar-refractivity contribution in [2.45, 2.75) is 12.8 Å². The van der Waals surface area contributed by atoms with Crippen LogP contribution in [0.25, 0.3) is 0 Å². The molecule has 2 amide bonds.